The van der Waals surface area contributed by atoms with E-state index in [1.807, 2.05) is 24.3 Å². The standard InChI is InChI=1S/C15H19NO3/c17-15(19-10-11-5-3-4-8-18-11)13-9-16-14-7-2-1-6-12(13)14/h1-2,6-7,11,13,16H,3-5,8-10H2. The van der Waals surface area contributed by atoms with Gasteiger partial charge in [-0.1, -0.05) is 18.2 Å². The molecule has 4 heteroatoms. The van der Waals surface area contributed by atoms with E-state index in [1.54, 1.807) is 0 Å². The quantitative estimate of drug-likeness (QED) is 0.848. The molecule has 0 spiro atoms. The van der Waals surface area contributed by atoms with Gasteiger partial charge in [0.15, 0.2) is 0 Å². The molecule has 0 radical (unpaired) electrons. The molecule has 0 aromatic heterocycles. The second-order valence-electron chi connectivity index (χ2n) is 5.14. The van der Waals surface area contributed by atoms with Crippen LogP contribution in [-0.2, 0) is 14.3 Å². The first-order chi connectivity index (χ1) is 9.34. The highest BCUT2D eigenvalue weighted by atomic mass is 16.6. The molecule has 2 atom stereocenters. The third kappa shape index (κ3) is 2.73. The third-order valence-electron chi connectivity index (χ3n) is 3.80. The molecule has 1 N–H and O–H groups in total. The van der Waals surface area contributed by atoms with E-state index in [-0.39, 0.29) is 18.0 Å². The summed E-state index contributed by atoms with van der Waals surface area (Å²) in [6.45, 7) is 1.80. The Balaban J connectivity index is 1.56. The van der Waals surface area contributed by atoms with E-state index in [4.69, 9.17) is 9.47 Å². The molecule has 4 nitrogen and oxygen atoms in total. The lowest BCUT2D eigenvalue weighted by atomic mass is 10.0. The van der Waals surface area contributed by atoms with Crippen molar-refractivity contribution in [2.75, 3.05) is 25.1 Å². The van der Waals surface area contributed by atoms with Crippen LogP contribution in [0.3, 0.4) is 0 Å². The lowest BCUT2D eigenvalue weighted by molar-refractivity contribution is -0.150. The number of esters is 1. The Morgan fingerprint density at radius 3 is 3.11 bits per heavy atom. The first kappa shape index (κ1) is 12.5. The van der Waals surface area contributed by atoms with Crippen LogP contribution in [0.5, 0.6) is 0 Å². The van der Waals surface area contributed by atoms with Crippen LogP contribution in [0.15, 0.2) is 24.3 Å². The molecule has 1 saturated heterocycles. The minimum Gasteiger partial charge on any atom is -0.462 e. The predicted molar refractivity (Wildman–Crippen MR) is 72.2 cm³/mol. The van der Waals surface area contributed by atoms with E-state index < -0.39 is 0 Å². The molecule has 2 aliphatic heterocycles. The largest absolute Gasteiger partial charge is 0.462 e. The minimum atomic E-state index is -0.181. The van der Waals surface area contributed by atoms with Crippen LogP contribution in [0.4, 0.5) is 5.69 Å². The fourth-order valence-corrected chi connectivity index (χ4v) is 2.71. The van der Waals surface area contributed by atoms with Gasteiger partial charge in [-0.3, -0.25) is 4.79 Å². The zero-order valence-corrected chi connectivity index (χ0v) is 10.9. The van der Waals surface area contributed by atoms with Gasteiger partial charge >= 0.3 is 5.97 Å². The first-order valence-electron chi connectivity index (χ1n) is 6.95. The van der Waals surface area contributed by atoms with Gasteiger partial charge in [-0.05, 0) is 30.9 Å². The van der Waals surface area contributed by atoms with Crippen molar-refractivity contribution in [3.05, 3.63) is 29.8 Å². The molecule has 1 aromatic rings. The van der Waals surface area contributed by atoms with Crippen LogP contribution < -0.4 is 5.32 Å². The fourth-order valence-electron chi connectivity index (χ4n) is 2.71. The van der Waals surface area contributed by atoms with Gasteiger partial charge in [0.1, 0.15) is 12.5 Å². The number of anilines is 1. The maximum Gasteiger partial charge on any atom is 0.315 e. The lowest BCUT2D eigenvalue weighted by Gasteiger charge is -2.22. The van der Waals surface area contributed by atoms with Crippen molar-refractivity contribution in [3.63, 3.8) is 0 Å². The summed E-state index contributed by atoms with van der Waals surface area (Å²) in [7, 11) is 0. The molecule has 102 valence electrons. The van der Waals surface area contributed by atoms with Gasteiger partial charge in [-0.2, -0.15) is 0 Å². The number of hydrogen-bond donors (Lipinski definition) is 1. The van der Waals surface area contributed by atoms with E-state index >= 15 is 0 Å². The monoisotopic (exact) mass is 261 g/mol. The number of carbonyl (C=O) groups is 1. The van der Waals surface area contributed by atoms with Gasteiger partial charge in [-0.15, -0.1) is 0 Å². The zero-order valence-electron chi connectivity index (χ0n) is 10.9. The highest BCUT2D eigenvalue weighted by Crippen LogP contribution is 2.31. The number of carbonyl (C=O) groups excluding carboxylic acids is 1. The average Bonchev–Trinajstić information content (AvgIpc) is 2.90. The maximum absolute atomic E-state index is 12.1. The highest BCUT2D eigenvalue weighted by Gasteiger charge is 2.30. The van der Waals surface area contributed by atoms with E-state index in [0.29, 0.717) is 13.2 Å². The summed E-state index contributed by atoms with van der Waals surface area (Å²) >= 11 is 0. The van der Waals surface area contributed by atoms with Crippen LogP contribution in [0.25, 0.3) is 0 Å². The predicted octanol–water partition coefficient (Wildman–Crippen LogP) is 2.31. The van der Waals surface area contributed by atoms with E-state index in [1.165, 1.54) is 0 Å². The number of fused-ring (bicyclic) bond motifs is 1. The molecule has 0 amide bonds. The number of ether oxygens (including phenoxy) is 2. The molecular formula is C15H19NO3. The Labute approximate surface area is 113 Å². The molecule has 2 aliphatic rings. The van der Waals surface area contributed by atoms with Crippen LogP contribution in [-0.4, -0.2) is 31.8 Å². The van der Waals surface area contributed by atoms with Crippen molar-refractivity contribution in [1.29, 1.82) is 0 Å². The van der Waals surface area contributed by atoms with Crippen molar-refractivity contribution >= 4 is 11.7 Å². The lowest BCUT2D eigenvalue weighted by Crippen LogP contribution is -2.28. The molecular weight excluding hydrogens is 242 g/mol. The fraction of sp³-hybridized carbons (Fsp3) is 0.533. The summed E-state index contributed by atoms with van der Waals surface area (Å²) < 4.78 is 11.0. The average molecular weight is 261 g/mol. The van der Waals surface area contributed by atoms with Crippen molar-refractivity contribution in [3.8, 4) is 0 Å². The van der Waals surface area contributed by atoms with Crippen molar-refractivity contribution in [2.24, 2.45) is 0 Å². The SMILES string of the molecule is O=C(OCC1CCCCO1)C1CNc2ccccc21. The van der Waals surface area contributed by atoms with Gasteiger partial charge in [0.05, 0.1) is 6.10 Å². The molecule has 1 fully saturated rings. The van der Waals surface area contributed by atoms with E-state index in [2.05, 4.69) is 5.32 Å². The van der Waals surface area contributed by atoms with Crippen LogP contribution in [0.2, 0.25) is 0 Å². The summed E-state index contributed by atoms with van der Waals surface area (Å²) in [4.78, 5) is 12.1. The summed E-state index contributed by atoms with van der Waals surface area (Å²) in [6, 6.07) is 7.90. The van der Waals surface area contributed by atoms with Gasteiger partial charge in [0, 0.05) is 18.8 Å². The van der Waals surface area contributed by atoms with Crippen LogP contribution in [0.1, 0.15) is 30.7 Å². The Kier molecular flexibility index (Phi) is 3.69. The van der Waals surface area contributed by atoms with Gasteiger partial charge in [-0.25, -0.2) is 0 Å². The Morgan fingerprint density at radius 1 is 1.37 bits per heavy atom. The summed E-state index contributed by atoms with van der Waals surface area (Å²) in [6.07, 6.45) is 3.36. The second-order valence-corrected chi connectivity index (χ2v) is 5.14. The molecule has 0 aliphatic carbocycles. The van der Waals surface area contributed by atoms with Gasteiger partial charge in [0.25, 0.3) is 0 Å². The van der Waals surface area contributed by atoms with Gasteiger partial charge < -0.3 is 14.8 Å². The van der Waals surface area contributed by atoms with Crippen molar-refractivity contribution < 1.29 is 14.3 Å². The number of nitrogens with one attached hydrogen (secondary N) is 1. The molecule has 2 heterocycles. The molecule has 0 saturated carbocycles. The second kappa shape index (κ2) is 5.61. The van der Waals surface area contributed by atoms with E-state index in [0.717, 1.165) is 37.1 Å². The Bertz CT molecular complexity index is 454. The van der Waals surface area contributed by atoms with Crippen LogP contribution >= 0.6 is 0 Å². The minimum absolute atomic E-state index is 0.0855. The van der Waals surface area contributed by atoms with Crippen molar-refractivity contribution in [1.82, 2.24) is 0 Å². The van der Waals surface area contributed by atoms with Gasteiger partial charge in [0.2, 0.25) is 0 Å². The first-order valence-corrected chi connectivity index (χ1v) is 6.95. The normalized spacial score (nSPS) is 25.5. The number of benzene rings is 1. The summed E-state index contributed by atoms with van der Waals surface area (Å²) in [5, 5.41) is 3.24. The molecule has 0 bridgehead atoms. The van der Waals surface area contributed by atoms with Crippen molar-refractivity contribution in [2.45, 2.75) is 31.3 Å². The van der Waals surface area contributed by atoms with Crippen LogP contribution in [0, 0.1) is 0 Å². The Hall–Kier alpha value is -1.55. The molecule has 1 aromatic carbocycles. The number of rotatable bonds is 3. The summed E-state index contributed by atoms with van der Waals surface area (Å²) in [5.41, 5.74) is 2.08. The number of hydrogen-bond acceptors (Lipinski definition) is 4. The summed E-state index contributed by atoms with van der Waals surface area (Å²) in [5.74, 6) is -0.327. The molecule has 19 heavy (non-hydrogen) atoms. The maximum atomic E-state index is 12.1. The highest BCUT2D eigenvalue weighted by molar-refractivity contribution is 5.83. The topological polar surface area (TPSA) is 47.6 Å². The third-order valence-corrected chi connectivity index (χ3v) is 3.80. The molecule has 2 unspecified atom stereocenters. The smallest absolute Gasteiger partial charge is 0.315 e. The zero-order chi connectivity index (χ0) is 13.1. The Morgan fingerprint density at radius 2 is 2.26 bits per heavy atom. The molecule has 3 rings (SSSR count). The number of para-hydroxylation sites is 1. The van der Waals surface area contributed by atoms with E-state index in [9.17, 15) is 4.79 Å².